The highest BCUT2D eigenvalue weighted by atomic mass is 35.5. The number of pyridine rings is 1. The van der Waals surface area contributed by atoms with Crippen molar-refractivity contribution >= 4 is 44.5 Å². The maximum Gasteiger partial charge on any atom is 0.175 e. The van der Waals surface area contributed by atoms with Crippen LogP contribution in [0.1, 0.15) is 49.8 Å². The number of sulfone groups is 1. The number of hydrogen-bond acceptors (Lipinski definition) is 6. The zero-order chi connectivity index (χ0) is 27.8. The molecule has 1 aliphatic heterocycles. The molecule has 1 fully saturated rings. The highest BCUT2D eigenvalue weighted by Gasteiger charge is 2.33. The van der Waals surface area contributed by atoms with Crippen molar-refractivity contribution in [3.05, 3.63) is 82.0 Å². The number of β-amino-alcohol motifs (C(OH)–C–C–N with tert-alkyl or cyclic N) is 1. The van der Waals surface area contributed by atoms with Gasteiger partial charge in [-0.3, -0.25) is 4.90 Å². The molecule has 0 amide bonds. The van der Waals surface area contributed by atoms with Crippen molar-refractivity contribution in [2.75, 3.05) is 19.3 Å². The van der Waals surface area contributed by atoms with E-state index in [0.29, 0.717) is 23.8 Å². The largest absolute Gasteiger partial charge is 0.390 e. The summed E-state index contributed by atoms with van der Waals surface area (Å²) >= 11 is 6.55. The zero-order valence-corrected chi connectivity index (χ0v) is 24.3. The summed E-state index contributed by atoms with van der Waals surface area (Å²) in [5.41, 5.74) is 4.92. The molecular weight excluding hydrogens is 530 g/mol. The van der Waals surface area contributed by atoms with Crippen LogP contribution in [0.4, 0.5) is 0 Å². The highest BCUT2D eigenvalue weighted by molar-refractivity contribution is 7.90. The molecule has 6 nitrogen and oxygen atoms in total. The SMILES string of the molecule is CC1=Cc2ccccc2C=CC(C)(NC[C@@H](O)[C@H]2CCCN2Cc2cc3cc(S(C)(=O)=O)ccc3nc2Cl)C1. The number of benzene rings is 2. The first-order valence-electron chi connectivity index (χ1n) is 13.4. The monoisotopic (exact) mass is 565 g/mol. The second-order valence-electron chi connectivity index (χ2n) is 11.2. The quantitative estimate of drug-likeness (QED) is 0.369. The van der Waals surface area contributed by atoms with E-state index in [0.717, 1.165) is 36.8 Å². The summed E-state index contributed by atoms with van der Waals surface area (Å²) in [6.07, 6.45) is 10.0. The first-order valence-corrected chi connectivity index (χ1v) is 15.7. The van der Waals surface area contributed by atoms with Crippen LogP contribution in [0.3, 0.4) is 0 Å². The molecule has 0 saturated carbocycles. The van der Waals surface area contributed by atoms with E-state index in [1.807, 2.05) is 6.07 Å². The van der Waals surface area contributed by atoms with Crippen LogP contribution in [0.15, 0.2) is 65.1 Å². The number of fused-ring (bicyclic) bond motifs is 2. The third-order valence-electron chi connectivity index (χ3n) is 7.86. The summed E-state index contributed by atoms with van der Waals surface area (Å²) < 4.78 is 24.1. The topological polar surface area (TPSA) is 82.5 Å². The lowest BCUT2D eigenvalue weighted by atomic mass is 9.87. The lowest BCUT2D eigenvalue weighted by molar-refractivity contribution is 0.0646. The van der Waals surface area contributed by atoms with Gasteiger partial charge in [0.2, 0.25) is 0 Å². The Kier molecular flexibility index (Phi) is 8.00. The second-order valence-corrected chi connectivity index (χ2v) is 13.6. The van der Waals surface area contributed by atoms with E-state index in [2.05, 4.69) is 71.5 Å². The number of aliphatic hydroxyl groups excluding tert-OH is 1. The second kappa shape index (κ2) is 11.1. The Labute approximate surface area is 236 Å². The van der Waals surface area contributed by atoms with Crippen LogP contribution >= 0.6 is 11.6 Å². The lowest BCUT2D eigenvalue weighted by Crippen LogP contribution is -2.50. The fourth-order valence-electron chi connectivity index (χ4n) is 5.84. The van der Waals surface area contributed by atoms with Gasteiger partial charge in [0.05, 0.1) is 16.5 Å². The molecule has 2 aliphatic rings. The van der Waals surface area contributed by atoms with Gasteiger partial charge in [0, 0.05) is 41.9 Å². The molecular formula is C31H36ClN3O3S. The molecule has 1 aromatic heterocycles. The minimum absolute atomic E-state index is 0.00915. The fraction of sp³-hybridized carbons (Fsp3) is 0.387. The summed E-state index contributed by atoms with van der Waals surface area (Å²) in [6.45, 7) is 6.21. The van der Waals surface area contributed by atoms with Gasteiger partial charge in [0.25, 0.3) is 0 Å². The summed E-state index contributed by atoms with van der Waals surface area (Å²) in [5, 5.41) is 16.1. The molecule has 39 heavy (non-hydrogen) atoms. The van der Waals surface area contributed by atoms with Gasteiger partial charge in [0.1, 0.15) is 5.15 Å². The summed E-state index contributed by atoms with van der Waals surface area (Å²) in [4.78, 5) is 7.04. The summed E-state index contributed by atoms with van der Waals surface area (Å²) in [7, 11) is -3.32. The maximum absolute atomic E-state index is 12.0. The molecule has 3 atom stereocenters. The molecule has 1 saturated heterocycles. The minimum Gasteiger partial charge on any atom is -0.390 e. The summed E-state index contributed by atoms with van der Waals surface area (Å²) in [6, 6.07) is 15.2. The molecule has 0 bridgehead atoms. The van der Waals surface area contributed by atoms with Gasteiger partial charge in [-0.15, -0.1) is 0 Å². The van der Waals surface area contributed by atoms with Gasteiger partial charge in [-0.05, 0) is 75.0 Å². The van der Waals surface area contributed by atoms with E-state index >= 15 is 0 Å². The number of aliphatic hydroxyl groups is 1. The van der Waals surface area contributed by atoms with Crippen LogP contribution in [0, 0.1) is 0 Å². The first kappa shape index (κ1) is 28.0. The number of rotatable bonds is 7. The van der Waals surface area contributed by atoms with E-state index in [9.17, 15) is 13.5 Å². The van der Waals surface area contributed by atoms with Gasteiger partial charge < -0.3 is 10.4 Å². The third kappa shape index (κ3) is 6.44. The van der Waals surface area contributed by atoms with Gasteiger partial charge in [-0.25, -0.2) is 13.4 Å². The van der Waals surface area contributed by atoms with Crippen molar-refractivity contribution in [2.45, 2.75) is 62.2 Å². The molecule has 2 heterocycles. The molecule has 2 aromatic carbocycles. The van der Waals surface area contributed by atoms with Crippen molar-refractivity contribution in [2.24, 2.45) is 0 Å². The Morgan fingerprint density at radius 1 is 1.21 bits per heavy atom. The van der Waals surface area contributed by atoms with E-state index in [4.69, 9.17) is 11.6 Å². The molecule has 0 spiro atoms. The van der Waals surface area contributed by atoms with Crippen molar-refractivity contribution in [1.29, 1.82) is 0 Å². The summed E-state index contributed by atoms with van der Waals surface area (Å²) in [5.74, 6) is 0. The fourth-order valence-corrected chi connectivity index (χ4v) is 6.70. The smallest absolute Gasteiger partial charge is 0.175 e. The van der Waals surface area contributed by atoms with E-state index in [1.165, 1.54) is 23.0 Å². The minimum atomic E-state index is -3.32. The van der Waals surface area contributed by atoms with Gasteiger partial charge in [-0.1, -0.05) is 59.7 Å². The molecule has 0 radical (unpaired) electrons. The number of likely N-dealkylation sites (tertiary alicyclic amines) is 1. The molecule has 206 valence electrons. The van der Waals surface area contributed by atoms with Crippen LogP contribution in [0.5, 0.6) is 0 Å². The Morgan fingerprint density at radius 2 is 1.97 bits per heavy atom. The van der Waals surface area contributed by atoms with Crippen LogP contribution in [0.2, 0.25) is 5.15 Å². The maximum atomic E-state index is 12.0. The molecule has 1 aliphatic carbocycles. The van der Waals surface area contributed by atoms with Gasteiger partial charge in [-0.2, -0.15) is 0 Å². The number of nitrogens with one attached hydrogen (secondary N) is 1. The highest BCUT2D eigenvalue weighted by Crippen LogP contribution is 2.30. The molecule has 1 unspecified atom stereocenters. The molecule has 5 rings (SSSR count). The zero-order valence-electron chi connectivity index (χ0n) is 22.7. The van der Waals surface area contributed by atoms with Crippen LogP contribution in [-0.4, -0.2) is 60.4 Å². The van der Waals surface area contributed by atoms with E-state index < -0.39 is 15.9 Å². The Morgan fingerprint density at radius 3 is 2.74 bits per heavy atom. The number of halogens is 1. The normalized spacial score (nSPS) is 22.8. The first-order chi connectivity index (χ1) is 18.5. The third-order valence-corrected chi connectivity index (χ3v) is 9.30. The van der Waals surface area contributed by atoms with Crippen molar-refractivity contribution in [3.8, 4) is 0 Å². The van der Waals surface area contributed by atoms with Crippen LogP contribution in [-0.2, 0) is 16.4 Å². The number of aromatic nitrogens is 1. The van der Waals surface area contributed by atoms with E-state index in [-0.39, 0.29) is 16.5 Å². The Hall–Kier alpha value is -2.55. The van der Waals surface area contributed by atoms with Crippen molar-refractivity contribution in [1.82, 2.24) is 15.2 Å². The number of hydrogen-bond donors (Lipinski definition) is 2. The van der Waals surface area contributed by atoms with Crippen LogP contribution in [0.25, 0.3) is 23.1 Å². The van der Waals surface area contributed by atoms with Crippen LogP contribution < -0.4 is 5.32 Å². The predicted octanol–water partition coefficient (Wildman–Crippen LogP) is 5.49. The van der Waals surface area contributed by atoms with Gasteiger partial charge in [0.15, 0.2) is 9.84 Å². The average Bonchev–Trinajstić information content (AvgIpc) is 3.34. The number of nitrogens with zero attached hydrogens (tertiary/aromatic N) is 2. The van der Waals surface area contributed by atoms with Crippen molar-refractivity contribution in [3.63, 3.8) is 0 Å². The van der Waals surface area contributed by atoms with E-state index in [1.54, 1.807) is 18.2 Å². The lowest BCUT2D eigenvalue weighted by Gasteiger charge is -2.34. The molecule has 2 N–H and O–H groups in total. The standard InChI is InChI=1S/C31H36ClN3O3S/c1-21-15-23-8-5-4-7-22(23)12-13-31(2,18-21)33-19-29(36)28-9-6-14-35(28)20-25-16-24-17-26(39(3,37)38)10-11-27(24)34-30(25)32/h4-5,7-8,10-13,15-17,28-29,33,36H,6,9,14,18-20H2,1-3H3/t28-,29-,31?/m1/s1. The molecule has 3 aromatic rings. The van der Waals surface area contributed by atoms with Gasteiger partial charge >= 0.3 is 0 Å². The van der Waals surface area contributed by atoms with Crippen molar-refractivity contribution < 1.29 is 13.5 Å². The Balaban J connectivity index is 1.29. The Bertz CT molecular complexity index is 1550. The molecule has 8 heteroatoms. The average molecular weight is 566 g/mol. The predicted molar refractivity (Wildman–Crippen MR) is 159 cm³/mol.